The zero-order valence-electron chi connectivity index (χ0n) is 13.1. The van der Waals surface area contributed by atoms with Crippen LogP contribution in [0.25, 0.3) is 0 Å². The number of quaternary nitrogens is 1. The summed E-state index contributed by atoms with van der Waals surface area (Å²) >= 11 is 0. The summed E-state index contributed by atoms with van der Waals surface area (Å²) in [6.07, 6.45) is 0. The van der Waals surface area contributed by atoms with Crippen molar-refractivity contribution in [3.05, 3.63) is 35.9 Å². The van der Waals surface area contributed by atoms with Crippen molar-refractivity contribution in [1.29, 1.82) is 0 Å². The number of amides is 3. The second-order valence-corrected chi connectivity index (χ2v) is 5.40. The first-order valence-corrected chi connectivity index (χ1v) is 7.13. The standard InChI is InChI=1S/C15H22N4O3/c1-11(2)16-13(20)9-19(3)10-14(21)17-18-15(22)12-7-5-4-6-8-12/h4-8,11H,9-10H2,1-3H3,(H,16,20)(H,17,21)(H,18,22)/p+1. The molecule has 0 spiro atoms. The van der Waals surface area contributed by atoms with Gasteiger partial charge in [-0.3, -0.25) is 25.2 Å². The normalized spacial score (nSPS) is 11.6. The van der Waals surface area contributed by atoms with E-state index in [9.17, 15) is 14.4 Å². The molecule has 1 aromatic carbocycles. The third kappa shape index (κ3) is 6.85. The highest BCUT2D eigenvalue weighted by molar-refractivity contribution is 5.95. The second-order valence-electron chi connectivity index (χ2n) is 5.40. The van der Waals surface area contributed by atoms with E-state index in [-0.39, 0.29) is 36.9 Å². The molecule has 0 bridgehead atoms. The van der Waals surface area contributed by atoms with Crippen molar-refractivity contribution in [2.45, 2.75) is 19.9 Å². The molecule has 0 saturated carbocycles. The molecule has 0 radical (unpaired) electrons. The van der Waals surface area contributed by atoms with Crippen LogP contribution in [0.15, 0.2) is 30.3 Å². The number of benzene rings is 1. The molecule has 3 amide bonds. The molecule has 120 valence electrons. The summed E-state index contributed by atoms with van der Waals surface area (Å²) in [6, 6.07) is 8.64. The molecule has 4 N–H and O–H groups in total. The maximum Gasteiger partial charge on any atom is 0.293 e. The summed E-state index contributed by atoms with van der Waals surface area (Å²) in [7, 11) is 1.73. The third-order valence-corrected chi connectivity index (χ3v) is 2.73. The van der Waals surface area contributed by atoms with E-state index in [2.05, 4.69) is 16.2 Å². The first kappa shape index (κ1) is 17.6. The molecule has 1 atom stereocenters. The van der Waals surface area contributed by atoms with Crippen LogP contribution < -0.4 is 21.1 Å². The van der Waals surface area contributed by atoms with E-state index in [4.69, 9.17) is 0 Å². The smallest absolute Gasteiger partial charge is 0.293 e. The average molecular weight is 307 g/mol. The summed E-state index contributed by atoms with van der Waals surface area (Å²) in [5.41, 5.74) is 5.13. The lowest BCUT2D eigenvalue weighted by Crippen LogP contribution is -3.11. The molecule has 0 fully saturated rings. The van der Waals surface area contributed by atoms with Crippen LogP contribution in [0.4, 0.5) is 0 Å². The summed E-state index contributed by atoms with van der Waals surface area (Å²) < 4.78 is 0. The van der Waals surface area contributed by atoms with Gasteiger partial charge in [-0.15, -0.1) is 0 Å². The highest BCUT2D eigenvalue weighted by Gasteiger charge is 2.15. The van der Waals surface area contributed by atoms with Gasteiger partial charge in [0.05, 0.1) is 7.05 Å². The van der Waals surface area contributed by atoms with E-state index in [0.29, 0.717) is 5.56 Å². The second kappa shape index (κ2) is 8.78. The number of carbonyl (C=O) groups excluding carboxylic acids is 3. The Labute approximate surface area is 130 Å². The topological polar surface area (TPSA) is 91.7 Å². The van der Waals surface area contributed by atoms with Crippen LogP contribution in [0.1, 0.15) is 24.2 Å². The largest absolute Gasteiger partial charge is 0.349 e. The van der Waals surface area contributed by atoms with E-state index in [1.54, 1.807) is 37.4 Å². The maximum absolute atomic E-state index is 11.7. The Hall–Kier alpha value is -2.41. The minimum absolute atomic E-state index is 0.0688. The van der Waals surface area contributed by atoms with Crippen LogP contribution >= 0.6 is 0 Å². The number of hydrogen-bond donors (Lipinski definition) is 4. The molecule has 7 nitrogen and oxygen atoms in total. The van der Waals surface area contributed by atoms with Crippen LogP contribution in [0.3, 0.4) is 0 Å². The maximum atomic E-state index is 11.7. The third-order valence-electron chi connectivity index (χ3n) is 2.73. The van der Waals surface area contributed by atoms with Crippen molar-refractivity contribution >= 4 is 17.7 Å². The van der Waals surface area contributed by atoms with Crippen LogP contribution in [0, 0.1) is 0 Å². The van der Waals surface area contributed by atoms with E-state index in [1.165, 1.54) is 0 Å². The molecule has 0 saturated heterocycles. The van der Waals surface area contributed by atoms with Crippen LogP contribution in [0.2, 0.25) is 0 Å². The van der Waals surface area contributed by atoms with Crippen molar-refractivity contribution in [3.8, 4) is 0 Å². The first-order chi connectivity index (χ1) is 10.4. The first-order valence-electron chi connectivity index (χ1n) is 7.13. The van der Waals surface area contributed by atoms with E-state index >= 15 is 0 Å². The minimum atomic E-state index is -0.385. The highest BCUT2D eigenvalue weighted by atomic mass is 16.2. The Kier molecular flexibility index (Phi) is 7.04. The van der Waals surface area contributed by atoms with Crippen LogP contribution in [0.5, 0.6) is 0 Å². The van der Waals surface area contributed by atoms with E-state index in [0.717, 1.165) is 4.90 Å². The molecule has 0 aliphatic rings. The molecule has 1 unspecified atom stereocenters. The molecule has 0 aliphatic heterocycles. The van der Waals surface area contributed by atoms with Crippen molar-refractivity contribution < 1.29 is 19.3 Å². The lowest BCUT2D eigenvalue weighted by molar-refractivity contribution is -0.862. The van der Waals surface area contributed by atoms with E-state index in [1.807, 2.05) is 13.8 Å². The molecule has 0 aromatic heterocycles. The van der Waals surface area contributed by atoms with Gasteiger partial charge in [0.1, 0.15) is 0 Å². The van der Waals surface area contributed by atoms with Gasteiger partial charge in [-0.1, -0.05) is 18.2 Å². The number of hydrogen-bond acceptors (Lipinski definition) is 3. The predicted octanol–water partition coefficient (Wildman–Crippen LogP) is -1.51. The van der Waals surface area contributed by atoms with Gasteiger partial charge in [0.25, 0.3) is 17.7 Å². The minimum Gasteiger partial charge on any atom is -0.349 e. The summed E-state index contributed by atoms with van der Waals surface area (Å²) in [5, 5.41) is 2.76. The number of carbonyl (C=O) groups is 3. The van der Waals surface area contributed by atoms with Gasteiger partial charge in [-0.05, 0) is 26.0 Å². The zero-order valence-corrected chi connectivity index (χ0v) is 13.1. The van der Waals surface area contributed by atoms with Gasteiger partial charge >= 0.3 is 0 Å². The van der Waals surface area contributed by atoms with Gasteiger partial charge in [-0.2, -0.15) is 0 Å². The molecular weight excluding hydrogens is 284 g/mol. The lowest BCUT2D eigenvalue weighted by Gasteiger charge is -2.15. The molecule has 1 aromatic rings. The average Bonchev–Trinajstić information content (AvgIpc) is 2.44. The van der Waals surface area contributed by atoms with Crippen molar-refractivity contribution in [2.75, 3.05) is 20.1 Å². The van der Waals surface area contributed by atoms with Gasteiger partial charge in [0.2, 0.25) is 0 Å². The quantitative estimate of drug-likeness (QED) is 0.481. The Morgan fingerprint density at radius 1 is 1.00 bits per heavy atom. The number of nitrogens with one attached hydrogen (secondary N) is 4. The van der Waals surface area contributed by atoms with Crippen molar-refractivity contribution in [2.24, 2.45) is 0 Å². The SMILES string of the molecule is CC(C)NC(=O)C[NH+](C)CC(=O)NNC(=O)c1ccccc1. The molecular formula is C15H23N4O3+. The summed E-state index contributed by atoms with van der Waals surface area (Å²) in [5.74, 6) is -0.864. The van der Waals surface area contributed by atoms with Gasteiger partial charge in [0.15, 0.2) is 13.1 Å². The molecule has 0 aliphatic carbocycles. The lowest BCUT2D eigenvalue weighted by atomic mass is 10.2. The van der Waals surface area contributed by atoms with E-state index < -0.39 is 0 Å². The van der Waals surface area contributed by atoms with Crippen molar-refractivity contribution in [3.63, 3.8) is 0 Å². The zero-order chi connectivity index (χ0) is 16.5. The number of hydrazine groups is 1. The fourth-order valence-corrected chi connectivity index (χ4v) is 1.82. The van der Waals surface area contributed by atoms with Crippen LogP contribution in [-0.4, -0.2) is 43.9 Å². The fourth-order valence-electron chi connectivity index (χ4n) is 1.82. The number of rotatable bonds is 6. The Bertz CT molecular complexity index is 517. The monoisotopic (exact) mass is 307 g/mol. The Balaban J connectivity index is 2.31. The molecule has 0 heterocycles. The Morgan fingerprint density at radius 2 is 1.59 bits per heavy atom. The predicted molar refractivity (Wildman–Crippen MR) is 82.0 cm³/mol. The van der Waals surface area contributed by atoms with Gasteiger partial charge < -0.3 is 10.2 Å². The van der Waals surface area contributed by atoms with Gasteiger partial charge in [-0.25, -0.2) is 0 Å². The molecule has 22 heavy (non-hydrogen) atoms. The number of likely N-dealkylation sites (N-methyl/N-ethyl adjacent to an activating group) is 1. The summed E-state index contributed by atoms with van der Waals surface area (Å²) in [4.78, 5) is 35.7. The highest BCUT2D eigenvalue weighted by Crippen LogP contribution is 1.96. The van der Waals surface area contributed by atoms with Gasteiger partial charge in [0, 0.05) is 11.6 Å². The molecule has 1 rings (SSSR count). The Morgan fingerprint density at radius 3 is 2.18 bits per heavy atom. The van der Waals surface area contributed by atoms with Crippen LogP contribution in [-0.2, 0) is 9.59 Å². The fraction of sp³-hybridized carbons (Fsp3) is 0.400. The van der Waals surface area contributed by atoms with Crippen molar-refractivity contribution in [1.82, 2.24) is 16.2 Å². The molecule has 7 heteroatoms. The summed E-state index contributed by atoms with van der Waals surface area (Å²) in [6.45, 7) is 4.02.